The third kappa shape index (κ3) is 5.25. The van der Waals surface area contributed by atoms with Crippen molar-refractivity contribution in [2.75, 3.05) is 10.6 Å². The lowest BCUT2D eigenvalue weighted by atomic mass is 9.86. The molecule has 0 bridgehead atoms. The van der Waals surface area contributed by atoms with Crippen LogP contribution < -0.4 is 10.6 Å². The van der Waals surface area contributed by atoms with Gasteiger partial charge in [-0.3, -0.25) is 0 Å². The highest BCUT2D eigenvalue weighted by atomic mass is 15.1. The molecular weight excluding hydrogens is 416 g/mol. The minimum Gasteiger partial charge on any atom is -0.340 e. The van der Waals surface area contributed by atoms with E-state index < -0.39 is 0 Å². The van der Waals surface area contributed by atoms with E-state index in [0.29, 0.717) is 11.4 Å². The van der Waals surface area contributed by atoms with Gasteiger partial charge in [0.25, 0.3) is 0 Å². The highest BCUT2D eigenvalue weighted by Crippen LogP contribution is 2.34. The Morgan fingerprint density at radius 3 is 1.53 bits per heavy atom. The molecule has 2 N–H and O–H groups in total. The fourth-order valence-corrected chi connectivity index (χ4v) is 3.84. The lowest BCUT2D eigenvalue weighted by Crippen LogP contribution is -2.13. The third-order valence-corrected chi connectivity index (χ3v) is 6.58. The number of nitrogens with zero attached hydrogens (tertiary/aromatic N) is 2. The maximum Gasteiger partial charge on any atom is 0.151 e. The molecule has 0 spiro atoms. The van der Waals surface area contributed by atoms with Crippen molar-refractivity contribution in [1.82, 2.24) is 4.98 Å². The maximum absolute atomic E-state index is 9.96. The first-order valence-electron chi connectivity index (χ1n) is 11.9. The molecule has 0 radical (unpaired) electrons. The highest BCUT2D eigenvalue weighted by molar-refractivity contribution is 5.74. The van der Waals surface area contributed by atoms with Crippen LogP contribution >= 0.6 is 0 Å². The average molecular weight is 455 g/mol. The number of anilines is 4. The van der Waals surface area contributed by atoms with E-state index >= 15 is 0 Å². The summed E-state index contributed by atoms with van der Waals surface area (Å²) in [4.78, 5) is 4.92. The second-order valence-corrected chi connectivity index (χ2v) is 11.4. The van der Waals surface area contributed by atoms with Crippen molar-refractivity contribution in [3.63, 3.8) is 0 Å². The van der Waals surface area contributed by atoms with E-state index in [1.807, 2.05) is 13.8 Å². The van der Waals surface area contributed by atoms with Gasteiger partial charge in [0.15, 0.2) is 5.82 Å². The zero-order chi connectivity index (χ0) is 25.4. The third-order valence-electron chi connectivity index (χ3n) is 6.58. The molecule has 4 nitrogen and oxygen atoms in total. The molecular formula is C30H38N4. The predicted octanol–water partition coefficient (Wildman–Crippen LogP) is 8.27. The quantitative estimate of drug-likeness (QED) is 0.416. The molecule has 34 heavy (non-hydrogen) atoms. The number of nitriles is 1. The second-order valence-electron chi connectivity index (χ2n) is 11.4. The van der Waals surface area contributed by atoms with Gasteiger partial charge in [-0.25, -0.2) is 4.98 Å². The largest absolute Gasteiger partial charge is 0.340 e. The zero-order valence-corrected chi connectivity index (χ0v) is 22.4. The van der Waals surface area contributed by atoms with Crippen LogP contribution in [0.4, 0.5) is 23.0 Å². The van der Waals surface area contributed by atoms with Crippen LogP contribution in [0.3, 0.4) is 0 Å². The van der Waals surface area contributed by atoms with Crippen molar-refractivity contribution in [2.24, 2.45) is 0 Å². The van der Waals surface area contributed by atoms with Crippen LogP contribution in [-0.4, -0.2) is 4.98 Å². The van der Waals surface area contributed by atoms with Crippen LogP contribution in [0.1, 0.15) is 80.5 Å². The lowest BCUT2D eigenvalue weighted by Gasteiger charge is -2.23. The highest BCUT2D eigenvalue weighted by Gasteiger charge is 2.19. The Kier molecular flexibility index (Phi) is 6.80. The van der Waals surface area contributed by atoms with E-state index in [2.05, 4.69) is 108 Å². The van der Waals surface area contributed by atoms with Crippen molar-refractivity contribution in [2.45, 2.75) is 80.1 Å². The monoisotopic (exact) mass is 454 g/mol. The molecule has 0 unspecified atom stereocenters. The Hall–Kier alpha value is -3.32. The van der Waals surface area contributed by atoms with E-state index in [-0.39, 0.29) is 10.8 Å². The molecule has 2 aromatic carbocycles. The van der Waals surface area contributed by atoms with Crippen molar-refractivity contribution in [3.05, 3.63) is 75.3 Å². The Labute approximate surface area is 205 Å². The lowest BCUT2D eigenvalue weighted by molar-refractivity contribution is 0.590. The van der Waals surface area contributed by atoms with E-state index in [4.69, 9.17) is 4.98 Å². The first kappa shape index (κ1) is 25.3. The van der Waals surface area contributed by atoms with Gasteiger partial charge < -0.3 is 10.6 Å². The summed E-state index contributed by atoms with van der Waals surface area (Å²) < 4.78 is 0. The van der Waals surface area contributed by atoms with E-state index in [1.165, 1.54) is 11.1 Å². The summed E-state index contributed by atoms with van der Waals surface area (Å²) in [6.07, 6.45) is 0. The predicted molar refractivity (Wildman–Crippen MR) is 145 cm³/mol. The first-order valence-corrected chi connectivity index (χ1v) is 11.9. The molecule has 0 atom stereocenters. The second kappa shape index (κ2) is 9.14. The molecule has 0 saturated heterocycles. The van der Waals surface area contributed by atoms with E-state index in [9.17, 15) is 5.26 Å². The summed E-state index contributed by atoms with van der Waals surface area (Å²) in [5, 5.41) is 17.0. The summed E-state index contributed by atoms with van der Waals surface area (Å²) >= 11 is 0. The zero-order valence-electron chi connectivity index (χ0n) is 22.4. The fourth-order valence-electron chi connectivity index (χ4n) is 3.84. The Morgan fingerprint density at radius 2 is 1.12 bits per heavy atom. The number of rotatable bonds is 4. The number of nitrogens with one attached hydrogen (secondary N) is 2. The standard InChI is InChI=1S/C30H38N4/c1-18-11-13-22(29(5,6)7)15-25(18)32-27-21(4)20(3)24(17-31)28(34-27)33-26-16-23(30(8,9)10)14-12-19(26)2/h11-16H,1-10H3,(H2,32,33,34). The molecule has 0 fully saturated rings. The Bertz CT molecular complexity index is 1260. The molecule has 3 aromatic rings. The SMILES string of the molecule is Cc1ccc(C(C)(C)C)cc1Nc1nc(Nc2cc(C(C)(C)C)ccc2C)c(C#N)c(C)c1C. The van der Waals surface area contributed by atoms with Gasteiger partial charge in [-0.2, -0.15) is 5.26 Å². The normalized spacial score (nSPS) is 11.8. The molecule has 4 heteroatoms. The molecule has 0 aliphatic heterocycles. The number of hydrogen-bond acceptors (Lipinski definition) is 4. The van der Waals surface area contributed by atoms with Crippen LogP contribution in [0.15, 0.2) is 36.4 Å². The van der Waals surface area contributed by atoms with Crippen LogP contribution in [0.25, 0.3) is 0 Å². The average Bonchev–Trinajstić information content (AvgIpc) is 2.73. The van der Waals surface area contributed by atoms with Crippen LogP contribution in [-0.2, 0) is 10.8 Å². The molecule has 1 aromatic heterocycles. The summed E-state index contributed by atoms with van der Waals surface area (Å²) in [6, 6.07) is 15.4. The van der Waals surface area contributed by atoms with Gasteiger partial charge in [-0.15, -0.1) is 0 Å². The topological polar surface area (TPSA) is 60.7 Å². The number of aromatic nitrogens is 1. The maximum atomic E-state index is 9.96. The minimum atomic E-state index is 0.0289. The summed E-state index contributed by atoms with van der Waals surface area (Å²) in [5.41, 5.74) is 9.31. The molecule has 0 aliphatic carbocycles. The van der Waals surface area contributed by atoms with Gasteiger partial charge in [0.05, 0.1) is 5.56 Å². The van der Waals surface area contributed by atoms with Gasteiger partial charge in [0.2, 0.25) is 0 Å². The molecule has 178 valence electrons. The van der Waals surface area contributed by atoms with Gasteiger partial charge in [-0.1, -0.05) is 65.8 Å². The van der Waals surface area contributed by atoms with E-state index in [0.717, 1.165) is 39.4 Å². The number of hydrogen-bond donors (Lipinski definition) is 2. The molecule has 1 heterocycles. The van der Waals surface area contributed by atoms with Crippen molar-refractivity contribution in [3.8, 4) is 6.07 Å². The Balaban J connectivity index is 2.09. The summed E-state index contributed by atoms with van der Waals surface area (Å²) in [7, 11) is 0. The Morgan fingerprint density at radius 1 is 0.676 bits per heavy atom. The van der Waals surface area contributed by atoms with Crippen LogP contribution in [0, 0.1) is 39.0 Å². The van der Waals surface area contributed by atoms with Crippen LogP contribution in [0.5, 0.6) is 0 Å². The van der Waals surface area contributed by atoms with Gasteiger partial charge in [0.1, 0.15) is 11.9 Å². The molecule has 3 rings (SSSR count). The summed E-state index contributed by atoms with van der Waals surface area (Å²) in [5.74, 6) is 1.34. The number of pyridine rings is 1. The number of aryl methyl sites for hydroxylation is 2. The van der Waals surface area contributed by atoms with E-state index in [1.54, 1.807) is 0 Å². The van der Waals surface area contributed by atoms with Crippen LogP contribution in [0.2, 0.25) is 0 Å². The first-order chi connectivity index (χ1) is 15.7. The molecule has 0 amide bonds. The smallest absolute Gasteiger partial charge is 0.151 e. The number of benzene rings is 2. The summed E-state index contributed by atoms with van der Waals surface area (Å²) in [6.45, 7) is 21.4. The van der Waals surface area contributed by atoms with Crippen molar-refractivity contribution >= 4 is 23.0 Å². The van der Waals surface area contributed by atoms with Gasteiger partial charge in [-0.05, 0) is 84.0 Å². The molecule has 0 aliphatic rings. The van der Waals surface area contributed by atoms with Gasteiger partial charge in [0, 0.05) is 11.4 Å². The minimum absolute atomic E-state index is 0.0289. The van der Waals surface area contributed by atoms with Gasteiger partial charge >= 0.3 is 0 Å². The van der Waals surface area contributed by atoms with Crippen molar-refractivity contribution in [1.29, 1.82) is 5.26 Å². The molecule has 0 saturated carbocycles. The van der Waals surface area contributed by atoms with Crippen molar-refractivity contribution < 1.29 is 0 Å². The fraction of sp³-hybridized carbons (Fsp3) is 0.400.